The van der Waals surface area contributed by atoms with Gasteiger partial charge in [0.1, 0.15) is 17.7 Å². The topological polar surface area (TPSA) is 54.2 Å². The summed E-state index contributed by atoms with van der Waals surface area (Å²) >= 11 is 0. The third-order valence-corrected chi connectivity index (χ3v) is 4.51. The molecule has 1 unspecified atom stereocenters. The first kappa shape index (κ1) is 16.8. The van der Waals surface area contributed by atoms with Crippen LogP contribution in [-0.4, -0.2) is 32.7 Å². The van der Waals surface area contributed by atoms with Crippen LogP contribution in [-0.2, 0) is 13.2 Å². The van der Waals surface area contributed by atoms with Crippen molar-refractivity contribution in [3.05, 3.63) is 42.1 Å². The molecule has 8 heteroatoms. The number of rotatable bonds is 3. The molecule has 2 aromatic rings. The highest BCUT2D eigenvalue weighted by Crippen LogP contribution is 2.34. The van der Waals surface area contributed by atoms with Crippen molar-refractivity contribution in [3.63, 3.8) is 0 Å². The molecular formula is C16H19F3N4O. The zero-order valence-corrected chi connectivity index (χ0v) is 13.2. The second-order valence-corrected chi connectivity index (χ2v) is 6.07. The van der Waals surface area contributed by atoms with E-state index >= 15 is 0 Å². The number of anilines is 1. The Labute approximate surface area is 137 Å². The van der Waals surface area contributed by atoms with Gasteiger partial charge in [0.05, 0.1) is 5.56 Å². The number of pyridine rings is 1. The van der Waals surface area contributed by atoms with Crippen LogP contribution in [0.2, 0.25) is 0 Å². The highest BCUT2D eigenvalue weighted by atomic mass is 19.4. The molecule has 1 aliphatic rings. The first-order valence-electron chi connectivity index (χ1n) is 7.80. The highest BCUT2D eigenvalue weighted by Gasteiger charge is 2.32. The van der Waals surface area contributed by atoms with Crippen molar-refractivity contribution in [2.24, 2.45) is 13.0 Å². The number of alkyl halides is 3. The molecule has 130 valence electrons. The first-order chi connectivity index (χ1) is 11.4. The van der Waals surface area contributed by atoms with Crippen LogP contribution in [0, 0.1) is 5.92 Å². The Morgan fingerprint density at radius 1 is 1.21 bits per heavy atom. The van der Waals surface area contributed by atoms with E-state index in [-0.39, 0.29) is 5.92 Å². The largest absolute Gasteiger partial charge is 0.416 e. The summed E-state index contributed by atoms with van der Waals surface area (Å²) in [7, 11) is 1.83. The van der Waals surface area contributed by atoms with Crippen LogP contribution in [0.15, 0.2) is 30.7 Å². The van der Waals surface area contributed by atoms with Crippen LogP contribution in [0.3, 0.4) is 0 Å². The van der Waals surface area contributed by atoms with Gasteiger partial charge >= 0.3 is 6.18 Å². The summed E-state index contributed by atoms with van der Waals surface area (Å²) in [6.45, 7) is 1.11. The number of aliphatic hydroxyl groups is 1. The highest BCUT2D eigenvalue weighted by molar-refractivity contribution is 5.42. The molecule has 0 radical (unpaired) electrons. The number of hydrogen-bond acceptors (Lipinski definition) is 4. The second-order valence-electron chi connectivity index (χ2n) is 6.07. The summed E-state index contributed by atoms with van der Waals surface area (Å²) in [5.74, 6) is 0.980. The lowest BCUT2D eigenvalue weighted by atomic mass is 9.90. The molecule has 2 aromatic heterocycles. The molecule has 1 N–H and O–H groups in total. The maximum Gasteiger partial charge on any atom is 0.416 e. The van der Waals surface area contributed by atoms with Gasteiger partial charge in [-0.3, -0.25) is 0 Å². The number of piperidine rings is 1. The lowest BCUT2D eigenvalue weighted by molar-refractivity contribution is -0.137. The molecule has 3 rings (SSSR count). The van der Waals surface area contributed by atoms with Crippen molar-refractivity contribution < 1.29 is 18.3 Å². The van der Waals surface area contributed by atoms with Crippen LogP contribution in [0.5, 0.6) is 0 Å². The molecule has 0 bridgehead atoms. The zero-order valence-electron chi connectivity index (χ0n) is 13.2. The van der Waals surface area contributed by atoms with Gasteiger partial charge in [0.15, 0.2) is 0 Å². The molecule has 0 aromatic carbocycles. The van der Waals surface area contributed by atoms with Crippen LogP contribution in [0.4, 0.5) is 19.0 Å². The van der Waals surface area contributed by atoms with Gasteiger partial charge in [0.2, 0.25) is 0 Å². The summed E-state index contributed by atoms with van der Waals surface area (Å²) in [4.78, 5) is 10.1. The molecule has 24 heavy (non-hydrogen) atoms. The third-order valence-electron chi connectivity index (χ3n) is 4.51. The number of hydrogen-bond donors (Lipinski definition) is 1. The molecule has 1 atom stereocenters. The molecular weight excluding hydrogens is 321 g/mol. The fraction of sp³-hybridized carbons (Fsp3) is 0.500. The quantitative estimate of drug-likeness (QED) is 0.934. The molecule has 0 spiro atoms. The fourth-order valence-electron chi connectivity index (χ4n) is 3.08. The minimum absolute atomic E-state index is 0.0353. The van der Waals surface area contributed by atoms with Gasteiger partial charge in [-0.25, -0.2) is 9.97 Å². The molecule has 0 saturated carbocycles. The molecule has 0 amide bonds. The van der Waals surface area contributed by atoms with Gasteiger partial charge in [-0.2, -0.15) is 13.2 Å². The van der Waals surface area contributed by atoms with E-state index in [9.17, 15) is 18.3 Å². The molecule has 3 heterocycles. The maximum absolute atomic E-state index is 12.8. The maximum atomic E-state index is 12.8. The molecule has 5 nitrogen and oxygen atoms in total. The summed E-state index contributed by atoms with van der Waals surface area (Å²) in [6, 6.07) is 2.05. The van der Waals surface area contributed by atoms with E-state index in [2.05, 4.69) is 9.97 Å². The third kappa shape index (κ3) is 3.38. The molecule has 1 aliphatic heterocycles. The summed E-state index contributed by atoms with van der Waals surface area (Å²) in [5, 5.41) is 10.5. The smallest absolute Gasteiger partial charge is 0.385 e. The molecule has 1 saturated heterocycles. The van der Waals surface area contributed by atoms with E-state index < -0.39 is 17.8 Å². The first-order valence-corrected chi connectivity index (χ1v) is 7.80. The van der Waals surface area contributed by atoms with Crippen molar-refractivity contribution in [1.82, 2.24) is 14.5 Å². The number of nitrogens with zero attached hydrogens (tertiary/aromatic N) is 4. The van der Waals surface area contributed by atoms with E-state index in [1.165, 1.54) is 6.20 Å². The SMILES string of the molecule is Cn1ccnc1C(O)C1CCN(c2cc(C(F)(F)F)ccn2)CC1. The Bertz CT molecular complexity index is 693. The number of imidazole rings is 1. The predicted octanol–water partition coefficient (Wildman–Crippen LogP) is 2.78. The van der Waals surface area contributed by atoms with Gasteiger partial charge < -0.3 is 14.6 Å². The fourth-order valence-corrected chi connectivity index (χ4v) is 3.08. The average Bonchev–Trinajstić information content (AvgIpc) is 3.00. The number of aryl methyl sites for hydroxylation is 1. The van der Waals surface area contributed by atoms with Crippen molar-refractivity contribution in [2.75, 3.05) is 18.0 Å². The van der Waals surface area contributed by atoms with E-state index in [1.54, 1.807) is 17.0 Å². The second kappa shape index (κ2) is 6.43. The van der Waals surface area contributed by atoms with Crippen molar-refractivity contribution in [1.29, 1.82) is 0 Å². The van der Waals surface area contributed by atoms with Gasteiger partial charge in [-0.05, 0) is 30.9 Å². The van der Waals surface area contributed by atoms with E-state index in [0.717, 1.165) is 12.1 Å². The summed E-state index contributed by atoms with van der Waals surface area (Å²) in [6.07, 6.45) is 0.914. The number of aromatic nitrogens is 3. The Morgan fingerprint density at radius 2 is 1.92 bits per heavy atom. The minimum atomic E-state index is -4.37. The van der Waals surface area contributed by atoms with Crippen LogP contribution < -0.4 is 4.90 Å². The lowest BCUT2D eigenvalue weighted by Crippen LogP contribution is -2.36. The van der Waals surface area contributed by atoms with Crippen molar-refractivity contribution >= 4 is 5.82 Å². The van der Waals surface area contributed by atoms with E-state index in [1.807, 2.05) is 11.9 Å². The van der Waals surface area contributed by atoms with E-state index in [4.69, 9.17) is 0 Å². The molecule has 0 aliphatic carbocycles. The van der Waals surface area contributed by atoms with Gasteiger partial charge in [0, 0.05) is 38.7 Å². The van der Waals surface area contributed by atoms with Gasteiger partial charge in [0.25, 0.3) is 0 Å². The van der Waals surface area contributed by atoms with Crippen LogP contribution in [0.25, 0.3) is 0 Å². The van der Waals surface area contributed by atoms with Crippen LogP contribution >= 0.6 is 0 Å². The summed E-state index contributed by atoms with van der Waals surface area (Å²) in [5.41, 5.74) is -0.692. The lowest BCUT2D eigenvalue weighted by Gasteiger charge is -2.34. The molecule has 1 fully saturated rings. The number of aliphatic hydroxyl groups excluding tert-OH is 1. The summed E-state index contributed by atoms with van der Waals surface area (Å²) < 4.78 is 40.2. The van der Waals surface area contributed by atoms with E-state index in [0.29, 0.717) is 37.6 Å². The Balaban J connectivity index is 1.66. The van der Waals surface area contributed by atoms with Crippen LogP contribution in [0.1, 0.15) is 30.3 Å². The number of halogens is 3. The normalized spacial score (nSPS) is 18.0. The average molecular weight is 340 g/mol. The Kier molecular flexibility index (Phi) is 4.49. The van der Waals surface area contributed by atoms with Crippen molar-refractivity contribution in [2.45, 2.75) is 25.1 Å². The minimum Gasteiger partial charge on any atom is -0.385 e. The Hall–Kier alpha value is -2.09. The Morgan fingerprint density at radius 3 is 2.50 bits per heavy atom. The predicted molar refractivity (Wildman–Crippen MR) is 82.3 cm³/mol. The van der Waals surface area contributed by atoms with Crippen molar-refractivity contribution in [3.8, 4) is 0 Å². The standard InChI is InChI=1S/C16H19F3N4O/c1-22-9-6-21-15(22)14(24)11-3-7-23(8-4-11)13-10-12(2-5-20-13)16(17,18)19/h2,5-6,9-11,14,24H,3-4,7-8H2,1H3. The van der Waals surface area contributed by atoms with Gasteiger partial charge in [-0.15, -0.1) is 0 Å². The van der Waals surface area contributed by atoms with Gasteiger partial charge in [-0.1, -0.05) is 0 Å². The zero-order chi connectivity index (χ0) is 17.3. The monoisotopic (exact) mass is 340 g/mol.